The number of methoxy groups -OCH3 is 1. The molecule has 3 atom stereocenters. The summed E-state index contributed by atoms with van der Waals surface area (Å²) in [6.07, 6.45) is 2.47. The molecule has 0 saturated heterocycles. The van der Waals surface area contributed by atoms with Gasteiger partial charge in [-0.1, -0.05) is 30.3 Å². The minimum atomic E-state index is -0.379. The number of aromatic nitrogens is 3. The van der Waals surface area contributed by atoms with Crippen molar-refractivity contribution >= 4 is 28.7 Å². The summed E-state index contributed by atoms with van der Waals surface area (Å²) in [4.78, 5) is 28.9. The zero-order chi connectivity index (χ0) is 21.8. The molecule has 0 unspecified atom stereocenters. The van der Waals surface area contributed by atoms with Gasteiger partial charge in [-0.2, -0.15) is 5.10 Å². The molecule has 3 amide bonds. The van der Waals surface area contributed by atoms with Crippen LogP contribution in [-0.4, -0.2) is 47.4 Å². The van der Waals surface area contributed by atoms with Gasteiger partial charge in [-0.15, -0.1) is 0 Å². The molecule has 1 aliphatic carbocycles. The third-order valence-corrected chi connectivity index (χ3v) is 5.39. The first-order valence-electron chi connectivity index (χ1n) is 10.3. The molecule has 1 aromatic carbocycles. The number of fused-ring (bicyclic) bond motifs is 1. The van der Waals surface area contributed by atoms with Crippen LogP contribution in [0, 0.1) is 5.92 Å². The fourth-order valence-corrected chi connectivity index (χ4v) is 3.76. The number of amides is 3. The molecule has 0 bridgehead atoms. The average molecular weight is 422 g/mol. The maximum absolute atomic E-state index is 12.5. The van der Waals surface area contributed by atoms with E-state index in [4.69, 9.17) is 4.74 Å². The molecule has 9 heteroatoms. The van der Waals surface area contributed by atoms with E-state index in [0.29, 0.717) is 19.0 Å². The van der Waals surface area contributed by atoms with Crippen LogP contribution < -0.4 is 16.0 Å². The summed E-state index contributed by atoms with van der Waals surface area (Å²) in [6.45, 7) is 2.88. The fraction of sp³-hybridized carbons (Fsp3) is 0.364. The number of hydrogen-bond acceptors (Lipinski definition) is 5. The number of nitrogens with zero attached hydrogens (tertiary/aromatic N) is 2. The van der Waals surface area contributed by atoms with Gasteiger partial charge in [-0.25, -0.2) is 9.78 Å². The normalized spacial score (nSPS) is 18.4. The largest absolute Gasteiger partial charge is 0.382 e. The SMILES string of the molecule is CCNC(=O)[C@H]1C[C@@H]1c1n[nH]c2cc(NC(=O)N[C@H](COC)c3ccccc3)ncc12. The third-order valence-electron chi connectivity index (χ3n) is 5.39. The molecule has 162 valence electrons. The molecule has 31 heavy (non-hydrogen) atoms. The summed E-state index contributed by atoms with van der Waals surface area (Å²) in [5.74, 6) is 0.534. The van der Waals surface area contributed by atoms with Gasteiger partial charge in [0.05, 0.1) is 23.9 Å². The van der Waals surface area contributed by atoms with E-state index in [-0.39, 0.29) is 29.8 Å². The molecule has 0 radical (unpaired) electrons. The van der Waals surface area contributed by atoms with Gasteiger partial charge in [-0.05, 0) is 18.9 Å². The van der Waals surface area contributed by atoms with Gasteiger partial charge in [-0.3, -0.25) is 15.2 Å². The average Bonchev–Trinajstić information content (AvgIpc) is 3.46. The predicted octanol–water partition coefficient (Wildman–Crippen LogP) is 2.71. The van der Waals surface area contributed by atoms with E-state index in [1.807, 2.05) is 37.3 Å². The summed E-state index contributed by atoms with van der Waals surface area (Å²) in [6, 6.07) is 10.7. The number of carbonyl (C=O) groups excluding carboxylic acids is 2. The number of pyridine rings is 1. The number of rotatable bonds is 8. The molecule has 4 N–H and O–H groups in total. The molecule has 1 fully saturated rings. The highest BCUT2D eigenvalue weighted by atomic mass is 16.5. The maximum Gasteiger partial charge on any atom is 0.320 e. The van der Waals surface area contributed by atoms with Gasteiger partial charge in [0.15, 0.2) is 0 Å². The van der Waals surface area contributed by atoms with Crippen molar-refractivity contribution in [3.63, 3.8) is 0 Å². The second-order valence-corrected chi connectivity index (χ2v) is 7.58. The summed E-state index contributed by atoms with van der Waals surface area (Å²) < 4.78 is 5.24. The zero-order valence-electron chi connectivity index (χ0n) is 17.5. The predicted molar refractivity (Wildman–Crippen MR) is 117 cm³/mol. The Hall–Kier alpha value is -3.46. The van der Waals surface area contributed by atoms with Gasteiger partial charge >= 0.3 is 6.03 Å². The Morgan fingerprint density at radius 1 is 1.29 bits per heavy atom. The van der Waals surface area contributed by atoms with E-state index in [2.05, 4.69) is 31.1 Å². The second kappa shape index (κ2) is 9.13. The van der Waals surface area contributed by atoms with Crippen molar-refractivity contribution in [2.45, 2.75) is 25.3 Å². The summed E-state index contributed by atoms with van der Waals surface area (Å²) in [7, 11) is 1.59. The molecule has 1 aliphatic rings. The lowest BCUT2D eigenvalue weighted by atomic mass is 10.1. The van der Waals surface area contributed by atoms with Gasteiger partial charge in [0, 0.05) is 43.1 Å². The van der Waals surface area contributed by atoms with Gasteiger partial charge in [0.25, 0.3) is 0 Å². The highest BCUT2D eigenvalue weighted by Crippen LogP contribution is 2.48. The first-order valence-corrected chi connectivity index (χ1v) is 10.3. The number of ether oxygens (including phenoxy) is 1. The van der Waals surface area contributed by atoms with Gasteiger partial charge in [0.1, 0.15) is 5.82 Å². The van der Waals surface area contributed by atoms with E-state index < -0.39 is 0 Å². The standard InChI is InChI=1S/C22H26N6O3/c1-3-23-21(29)15-9-14(15)20-16-11-24-19(10-17(16)27-28-20)26-22(30)25-18(12-31-2)13-7-5-4-6-8-13/h4-8,10-11,14-15,18H,3,9,12H2,1-2H3,(H,23,29)(H,27,28)(H2,24,25,26,30)/t14-,15-,18+/m0/s1. The zero-order valence-corrected chi connectivity index (χ0v) is 17.5. The van der Waals surface area contributed by atoms with Crippen LogP contribution in [0.25, 0.3) is 10.9 Å². The Kier molecular flexibility index (Phi) is 6.13. The number of H-pyrrole nitrogens is 1. The molecule has 2 heterocycles. The number of hydrogen-bond donors (Lipinski definition) is 4. The number of carbonyl (C=O) groups is 2. The van der Waals surface area contributed by atoms with Crippen molar-refractivity contribution < 1.29 is 14.3 Å². The van der Waals surface area contributed by atoms with Crippen molar-refractivity contribution in [1.82, 2.24) is 25.8 Å². The van der Waals surface area contributed by atoms with E-state index in [9.17, 15) is 9.59 Å². The van der Waals surface area contributed by atoms with E-state index >= 15 is 0 Å². The molecule has 0 aliphatic heterocycles. The van der Waals surface area contributed by atoms with Crippen LogP contribution >= 0.6 is 0 Å². The molecular weight excluding hydrogens is 396 g/mol. The number of benzene rings is 1. The van der Waals surface area contributed by atoms with Crippen LogP contribution in [0.1, 0.15) is 36.6 Å². The lowest BCUT2D eigenvalue weighted by molar-refractivity contribution is -0.122. The number of aromatic amines is 1. The van der Waals surface area contributed by atoms with Crippen LogP contribution in [0.4, 0.5) is 10.6 Å². The van der Waals surface area contributed by atoms with Crippen LogP contribution in [0.3, 0.4) is 0 Å². The van der Waals surface area contributed by atoms with Crippen molar-refractivity contribution in [1.29, 1.82) is 0 Å². The molecule has 9 nitrogen and oxygen atoms in total. The minimum Gasteiger partial charge on any atom is -0.382 e. The van der Waals surface area contributed by atoms with Crippen LogP contribution in [0.2, 0.25) is 0 Å². The Labute approximate surface area is 180 Å². The van der Waals surface area contributed by atoms with Crippen LogP contribution in [0.5, 0.6) is 0 Å². The monoisotopic (exact) mass is 422 g/mol. The molecule has 1 saturated carbocycles. The van der Waals surface area contributed by atoms with Gasteiger partial charge < -0.3 is 15.4 Å². The lowest BCUT2D eigenvalue weighted by Crippen LogP contribution is -2.35. The molecule has 4 rings (SSSR count). The minimum absolute atomic E-state index is 0.0364. The first-order chi connectivity index (χ1) is 15.1. The first kappa shape index (κ1) is 20.8. The third kappa shape index (κ3) is 4.66. The Morgan fingerprint density at radius 2 is 2.10 bits per heavy atom. The Balaban J connectivity index is 1.42. The Bertz CT molecular complexity index is 1070. The summed E-state index contributed by atoms with van der Waals surface area (Å²) >= 11 is 0. The smallest absolute Gasteiger partial charge is 0.320 e. The van der Waals surface area contributed by atoms with Gasteiger partial charge in [0.2, 0.25) is 5.91 Å². The topological polar surface area (TPSA) is 121 Å². The van der Waals surface area contributed by atoms with E-state index in [1.54, 1.807) is 19.4 Å². The molecule has 2 aromatic heterocycles. The quantitative estimate of drug-likeness (QED) is 0.445. The van der Waals surface area contributed by atoms with Crippen molar-refractivity contribution in [2.24, 2.45) is 5.92 Å². The number of urea groups is 1. The maximum atomic E-state index is 12.5. The van der Waals surface area contributed by atoms with Crippen LogP contribution in [-0.2, 0) is 9.53 Å². The van der Waals surface area contributed by atoms with Crippen molar-refractivity contribution in [2.75, 3.05) is 25.6 Å². The van der Waals surface area contributed by atoms with E-state index in [1.165, 1.54) is 0 Å². The highest BCUT2D eigenvalue weighted by Gasteiger charge is 2.46. The van der Waals surface area contributed by atoms with Crippen LogP contribution in [0.15, 0.2) is 42.6 Å². The summed E-state index contributed by atoms with van der Waals surface area (Å²) in [5, 5.41) is 16.8. The second-order valence-electron chi connectivity index (χ2n) is 7.58. The Morgan fingerprint density at radius 3 is 2.84 bits per heavy atom. The number of anilines is 1. The van der Waals surface area contributed by atoms with Crippen molar-refractivity contribution in [3.8, 4) is 0 Å². The molecule has 0 spiro atoms. The molecular formula is C22H26N6O3. The molecule has 3 aromatic rings. The van der Waals surface area contributed by atoms with E-state index in [0.717, 1.165) is 28.6 Å². The lowest BCUT2D eigenvalue weighted by Gasteiger charge is -2.18. The fourth-order valence-electron chi connectivity index (χ4n) is 3.76. The number of nitrogens with one attached hydrogen (secondary N) is 4. The van der Waals surface area contributed by atoms with Crippen molar-refractivity contribution in [3.05, 3.63) is 53.9 Å². The summed E-state index contributed by atoms with van der Waals surface area (Å²) in [5.41, 5.74) is 2.56. The highest BCUT2D eigenvalue weighted by molar-refractivity contribution is 5.92.